The summed E-state index contributed by atoms with van der Waals surface area (Å²) in [5.74, 6) is 2.02. The molecule has 0 amide bonds. The summed E-state index contributed by atoms with van der Waals surface area (Å²) < 4.78 is 0. The van der Waals surface area contributed by atoms with Crippen molar-refractivity contribution in [1.82, 2.24) is 0 Å². The molecule has 0 aromatic rings. The predicted molar refractivity (Wildman–Crippen MR) is 129 cm³/mol. The highest BCUT2D eigenvalue weighted by molar-refractivity contribution is 4.97. The van der Waals surface area contributed by atoms with E-state index >= 15 is 0 Å². The Morgan fingerprint density at radius 1 is 0.643 bits per heavy atom. The molecule has 0 spiro atoms. The number of hydrogen-bond acceptors (Lipinski definition) is 0. The van der Waals surface area contributed by atoms with Crippen LogP contribution < -0.4 is 0 Å². The zero-order valence-electron chi connectivity index (χ0n) is 20.5. The summed E-state index contributed by atoms with van der Waals surface area (Å²) in [4.78, 5) is 0. The maximum atomic E-state index is 2.49. The van der Waals surface area contributed by atoms with Gasteiger partial charge in [-0.05, 0) is 30.1 Å². The van der Waals surface area contributed by atoms with Crippen molar-refractivity contribution in [2.45, 2.75) is 163 Å². The van der Waals surface area contributed by atoms with Crippen molar-refractivity contribution in [3.8, 4) is 0 Å². The van der Waals surface area contributed by atoms with Gasteiger partial charge in [-0.25, -0.2) is 0 Å². The Kier molecular flexibility index (Phi) is 15.6. The first-order valence-electron chi connectivity index (χ1n) is 13.6. The molecular formula is C28H56. The second kappa shape index (κ2) is 16.8. The number of hydrogen-bond donors (Lipinski definition) is 0. The lowest BCUT2D eigenvalue weighted by Gasteiger charge is -2.07. The van der Waals surface area contributed by atoms with Gasteiger partial charge in [-0.15, -0.1) is 0 Å². The van der Waals surface area contributed by atoms with E-state index in [0.29, 0.717) is 0 Å². The van der Waals surface area contributed by atoms with Gasteiger partial charge in [0.05, 0.1) is 0 Å². The summed E-state index contributed by atoms with van der Waals surface area (Å²) in [5, 5.41) is 0. The third kappa shape index (κ3) is 13.3. The van der Waals surface area contributed by atoms with Crippen molar-refractivity contribution < 1.29 is 0 Å². The van der Waals surface area contributed by atoms with Crippen LogP contribution in [0, 0.1) is 17.3 Å². The molecule has 168 valence electrons. The SMILES string of the molecule is CCC(C)CCCCCCCCCCCCCCCCCCC1CC1(C)CC. The molecule has 0 aliphatic heterocycles. The van der Waals surface area contributed by atoms with Crippen molar-refractivity contribution in [3.05, 3.63) is 0 Å². The van der Waals surface area contributed by atoms with Crippen LogP contribution >= 0.6 is 0 Å². The molecule has 0 heterocycles. The summed E-state index contributed by atoms with van der Waals surface area (Å²) in [7, 11) is 0. The normalized spacial score (nSPS) is 22.5. The molecule has 1 aliphatic rings. The van der Waals surface area contributed by atoms with Crippen LogP contribution in [0.1, 0.15) is 163 Å². The van der Waals surface area contributed by atoms with Crippen LogP contribution in [-0.4, -0.2) is 0 Å². The molecule has 28 heavy (non-hydrogen) atoms. The lowest BCUT2D eigenvalue weighted by Crippen LogP contribution is -1.95. The van der Waals surface area contributed by atoms with Crippen LogP contribution in [0.25, 0.3) is 0 Å². The third-order valence-electron chi connectivity index (χ3n) is 8.04. The Hall–Kier alpha value is 0. The van der Waals surface area contributed by atoms with Crippen LogP contribution in [0.5, 0.6) is 0 Å². The van der Waals surface area contributed by atoms with Gasteiger partial charge < -0.3 is 0 Å². The molecule has 0 saturated heterocycles. The lowest BCUT2D eigenvalue weighted by atomic mass is 9.99. The Labute approximate surface area is 180 Å². The van der Waals surface area contributed by atoms with Crippen LogP contribution in [0.2, 0.25) is 0 Å². The van der Waals surface area contributed by atoms with Gasteiger partial charge in [-0.1, -0.05) is 150 Å². The lowest BCUT2D eigenvalue weighted by molar-refractivity contribution is 0.449. The fraction of sp³-hybridized carbons (Fsp3) is 1.00. The van der Waals surface area contributed by atoms with E-state index in [9.17, 15) is 0 Å². The molecule has 1 aliphatic carbocycles. The summed E-state index contributed by atoms with van der Waals surface area (Å²) >= 11 is 0. The van der Waals surface area contributed by atoms with Crippen molar-refractivity contribution in [2.75, 3.05) is 0 Å². The second-order valence-corrected chi connectivity index (χ2v) is 10.7. The second-order valence-electron chi connectivity index (χ2n) is 10.7. The first-order chi connectivity index (χ1) is 13.6. The molecule has 1 saturated carbocycles. The Morgan fingerprint density at radius 3 is 1.39 bits per heavy atom. The molecule has 0 radical (unpaired) electrons. The minimum atomic E-state index is 0.743. The van der Waals surface area contributed by atoms with Gasteiger partial charge >= 0.3 is 0 Å². The van der Waals surface area contributed by atoms with Crippen molar-refractivity contribution in [2.24, 2.45) is 17.3 Å². The summed E-state index contributed by atoms with van der Waals surface area (Å²) in [6.07, 6.45) is 31.1. The highest BCUT2D eigenvalue weighted by atomic mass is 14.5. The zero-order valence-corrected chi connectivity index (χ0v) is 20.5. The van der Waals surface area contributed by atoms with Gasteiger partial charge in [0.15, 0.2) is 0 Å². The van der Waals surface area contributed by atoms with Gasteiger partial charge in [0.1, 0.15) is 0 Å². The maximum absolute atomic E-state index is 2.49. The topological polar surface area (TPSA) is 0 Å². The fourth-order valence-electron chi connectivity index (χ4n) is 4.95. The highest BCUT2D eigenvalue weighted by Crippen LogP contribution is 2.57. The van der Waals surface area contributed by atoms with Crippen LogP contribution in [0.3, 0.4) is 0 Å². The molecule has 0 bridgehead atoms. The third-order valence-corrected chi connectivity index (χ3v) is 8.04. The number of rotatable bonds is 21. The van der Waals surface area contributed by atoms with Gasteiger partial charge in [0, 0.05) is 0 Å². The molecule has 3 atom stereocenters. The average Bonchev–Trinajstić information content (AvgIpc) is 3.37. The molecule has 3 unspecified atom stereocenters. The van der Waals surface area contributed by atoms with E-state index in [-0.39, 0.29) is 0 Å². The van der Waals surface area contributed by atoms with E-state index in [0.717, 1.165) is 17.3 Å². The average molecular weight is 393 g/mol. The summed E-state index contributed by atoms with van der Waals surface area (Å²) in [5.41, 5.74) is 0.743. The smallest absolute Gasteiger partial charge is 0.0297 e. The predicted octanol–water partition coefficient (Wildman–Crippen LogP) is 10.5. The molecule has 1 fully saturated rings. The van der Waals surface area contributed by atoms with Gasteiger partial charge in [0.2, 0.25) is 0 Å². The Bertz CT molecular complexity index is 333. The first kappa shape index (κ1) is 26.0. The highest BCUT2D eigenvalue weighted by Gasteiger charge is 2.46. The maximum Gasteiger partial charge on any atom is -0.0297 e. The first-order valence-corrected chi connectivity index (χ1v) is 13.6. The molecule has 0 N–H and O–H groups in total. The van der Waals surface area contributed by atoms with Crippen molar-refractivity contribution in [1.29, 1.82) is 0 Å². The Balaban J connectivity index is 1.66. The summed E-state index contributed by atoms with van der Waals surface area (Å²) in [6, 6.07) is 0. The number of unbranched alkanes of at least 4 members (excludes halogenated alkanes) is 15. The van der Waals surface area contributed by atoms with Gasteiger partial charge in [-0.2, -0.15) is 0 Å². The van der Waals surface area contributed by atoms with E-state index in [2.05, 4.69) is 27.7 Å². The summed E-state index contributed by atoms with van der Waals surface area (Å²) in [6.45, 7) is 9.59. The molecule has 0 aromatic carbocycles. The largest absolute Gasteiger partial charge is 0.0651 e. The van der Waals surface area contributed by atoms with Crippen LogP contribution in [-0.2, 0) is 0 Å². The minimum Gasteiger partial charge on any atom is -0.0651 e. The van der Waals surface area contributed by atoms with Crippen molar-refractivity contribution in [3.63, 3.8) is 0 Å². The fourth-order valence-corrected chi connectivity index (χ4v) is 4.95. The van der Waals surface area contributed by atoms with Crippen LogP contribution in [0.15, 0.2) is 0 Å². The van der Waals surface area contributed by atoms with Crippen molar-refractivity contribution >= 4 is 0 Å². The molecule has 0 nitrogen and oxygen atoms in total. The van der Waals surface area contributed by atoms with E-state index in [1.54, 1.807) is 0 Å². The van der Waals surface area contributed by atoms with Gasteiger partial charge in [-0.3, -0.25) is 0 Å². The standard InChI is InChI=1S/C28H56/c1-5-26(3)23-21-19-17-15-13-11-9-7-8-10-12-14-16-18-20-22-24-27-25-28(27,4)6-2/h26-27H,5-25H2,1-4H3. The van der Waals surface area contributed by atoms with Crippen LogP contribution in [0.4, 0.5) is 0 Å². The molecule has 0 aromatic heterocycles. The monoisotopic (exact) mass is 392 g/mol. The quantitative estimate of drug-likeness (QED) is 0.170. The molecular weight excluding hydrogens is 336 g/mol. The van der Waals surface area contributed by atoms with E-state index in [4.69, 9.17) is 0 Å². The zero-order chi connectivity index (χ0) is 20.5. The van der Waals surface area contributed by atoms with Gasteiger partial charge in [0.25, 0.3) is 0 Å². The van der Waals surface area contributed by atoms with E-state index in [1.807, 2.05) is 0 Å². The van der Waals surface area contributed by atoms with E-state index in [1.165, 1.54) is 135 Å². The van der Waals surface area contributed by atoms with E-state index < -0.39 is 0 Å². The molecule has 1 rings (SSSR count). The molecule has 0 heteroatoms. The Morgan fingerprint density at radius 2 is 1.04 bits per heavy atom. The minimum absolute atomic E-state index is 0.743.